The second-order valence-electron chi connectivity index (χ2n) is 12.0. The number of aryl methyl sites for hydroxylation is 2. The van der Waals surface area contributed by atoms with Gasteiger partial charge in [-0.15, -0.1) is 0 Å². The van der Waals surface area contributed by atoms with Crippen LogP contribution in [0.2, 0.25) is 0 Å². The van der Waals surface area contributed by atoms with Crippen LogP contribution in [0.1, 0.15) is 89.0 Å². The first-order chi connectivity index (χ1) is 22.0. The summed E-state index contributed by atoms with van der Waals surface area (Å²) in [6, 6.07) is 31.9. The average molecular weight is 607 g/mol. The number of carboxylic acids is 2. The zero-order valence-corrected chi connectivity index (χ0v) is 25.7. The van der Waals surface area contributed by atoms with Crippen molar-refractivity contribution in [3.63, 3.8) is 0 Å². The number of carboxylic acid groups (broad SMARTS) is 2. The van der Waals surface area contributed by atoms with E-state index in [4.69, 9.17) is 14.6 Å². The zero-order chi connectivity index (χ0) is 31.4. The van der Waals surface area contributed by atoms with Crippen LogP contribution in [-0.4, -0.2) is 22.2 Å². The van der Waals surface area contributed by atoms with Crippen LogP contribution < -0.4 is 9.47 Å². The summed E-state index contributed by atoms with van der Waals surface area (Å²) in [7, 11) is 0. The molecule has 45 heavy (non-hydrogen) atoms. The summed E-state index contributed by atoms with van der Waals surface area (Å²) in [5, 5.41) is 18.7. The van der Waals surface area contributed by atoms with Gasteiger partial charge < -0.3 is 19.7 Å². The van der Waals surface area contributed by atoms with E-state index in [1.807, 2.05) is 84.9 Å². The molecule has 2 N–H and O–H groups in total. The largest absolute Gasteiger partial charge is 0.489 e. The summed E-state index contributed by atoms with van der Waals surface area (Å²) in [5.74, 6) is 0.745. The predicted octanol–water partition coefficient (Wildman–Crippen LogP) is 8.86. The lowest BCUT2D eigenvalue weighted by atomic mass is 9.72. The van der Waals surface area contributed by atoms with E-state index in [1.165, 1.54) is 5.56 Å². The SMILES string of the molecule is O=C(O)CCCCC(CCc1ccccc1OCc1ccc(OCc2ccccc2)cc1)C1CCCc2cc(C(=O)O)ccc21. The molecule has 4 aromatic rings. The number of fused-ring (bicyclic) bond motifs is 1. The van der Waals surface area contributed by atoms with Gasteiger partial charge in [0.1, 0.15) is 24.7 Å². The molecule has 2 atom stereocenters. The smallest absolute Gasteiger partial charge is 0.335 e. The van der Waals surface area contributed by atoms with E-state index in [9.17, 15) is 14.7 Å². The fourth-order valence-corrected chi connectivity index (χ4v) is 6.48. The number of para-hydroxylation sites is 1. The molecule has 0 heterocycles. The molecule has 6 heteroatoms. The van der Waals surface area contributed by atoms with Gasteiger partial charge in [0.05, 0.1) is 5.56 Å². The number of aliphatic carboxylic acids is 1. The van der Waals surface area contributed by atoms with E-state index < -0.39 is 11.9 Å². The molecule has 0 saturated heterocycles. The summed E-state index contributed by atoms with van der Waals surface area (Å²) in [6.07, 6.45) is 7.45. The molecular weight excluding hydrogens is 564 g/mol. The first-order valence-electron chi connectivity index (χ1n) is 16.0. The monoisotopic (exact) mass is 606 g/mol. The van der Waals surface area contributed by atoms with Crippen molar-refractivity contribution in [1.82, 2.24) is 0 Å². The molecule has 1 aliphatic rings. The molecule has 0 bridgehead atoms. The van der Waals surface area contributed by atoms with Crippen LogP contribution in [0, 0.1) is 5.92 Å². The Kier molecular flexibility index (Phi) is 11.3. The van der Waals surface area contributed by atoms with Gasteiger partial charge in [0.15, 0.2) is 0 Å². The summed E-state index contributed by atoms with van der Waals surface area (Å²) < 4.78 is 12.2. The van der Waals surface area contributed by atoms with Crippen molar-refractivity contribution in [2.45, 2.75) is 76.9 Å². The second kappa shape index (κ2) is 15.9. The molecule has 0 saturated carbocycles. The van der Waals surface area contributed by atoms with Crippen molar-refractivity contribution in [2.24, 2.45) is 5.92 Å². The maximum Gasteiger partial charge on any atom is 0.335 e. The van der Waals surface area contributed by atoms with Crippen molar-refractivity contribution in [3.8, 4) is 11.5 Å². The highest BCUT2D eigenvalue weighted by Gasteiger charge is 2.28. The van der Waals surface area contributed by atoms with Crippen molar-refractivity contribution in [2.75, 3.05) is 0 Å². The first-order valence-corrected chi connectivity index (χ1v) is 16.0. The number of benzene rings is 4. The molecule has 1 aliphatic carbocycles. The number of carbonyl (C=O) groups is 2. The Balaban J connectivity index is 1.22. The van der Waals surface area contributed by atoms with Crippen LogP contribution >= 0.6 is 0 Å². The van der Waals surface area contributed by atoms with E-state index in [0.717, 1.165) is 78.7 Å². The zero-order valence-electron chi connectivity index (χ0n) is 25.7. The van der Waals surface area contributed by atoms with Gasteiger partial charge >= 0.3 is 11.9 Å². The molecule has 0 amide bonds. The fraction of sp³-hybridized carbons (Fsp3) is 0.333. The van der Waals surface area contributed by atoms with Crippen molar-refractivity contribution >= 4 is 11.9 Å². The molecule has 5 rings (SSSR count). The lowest BCUT2D eigenvalue weighted by Crippen LogP contribution is -2.20. The van der Waals surface area contributed by atoms with Gasteiger partial charge in [0.2, 0.25) is 0 Å². The minimum Gasteiger partial charge on any atom is -0.489 e. The molecule has 0 fully saturated rings. The molecule has 234 valence electrons. The average Bonchev–Trinajstić information content (AvgIpc) is 3.07. The molecule has 0 aromatic heterocycles. The molecule has 2 unspecified atom stereocenters. The number of unbranched alkanes of at least 4 members (excludes halogenated alkanes) is 1. The van der Waals surface area contributed by atoms with Gasteiger partial charge in [-0.05, 0) is 115 Å². The van der Waals surface area contributed by atoms with Gasteiger partial charge in [-0.3, -0.25) is 4.79 Å². The summed E-state index contributed by atoms with van der Waals surface area (Å²) in [5.41, 5.74) is 6.09. The second-order valence-corrected chi connectivity index (χ2v) is 12.0. The number of aromatic carboxylic acids is 1. The topological polar surface area (TPSA) is 93.1 Å². The predicted molar refractivity (Wildman–Crippen MR) is 175 cm³/mol. The highest BCUT2D eigenvalue weighted by molar-refractivity contribution is 5.88. The van der Waals surface area contributed by atoms with Crippen molar-refractivity contribution < 1.29 is 29.3 Å². The lowest BCUT2D eigenvalue weighted by Gasteiger charge is -2.33. The maximum absolute atomic E-state index is 11.6. The third kappa shape index (κ3) is 9.21. The van der Waals surface area contributed by atoms with E-state index >= 15 is 0 Å². The lowest BCUT2D eigenvalue weighted by molar-refractivity contribution is -0.137. The third-order valence-electron chi connectivity index (χ3n) is 8.86. The summed E-state index contributed by atoms with van der Waals surface area (Å²) in [6.45, 7) is 0.983. The van der Waals surface area contributed by atoms with Crippen molar-refractivity contribution in [3.05, 3.63) is 130 Å². The first kappa shape index (κ1) is 31.8. The molecule has 4 aromatic carbocycles. The molecule has 6 nitrogen and oxygen atoms in total. The standard InChI is InChI=1S/C39H42O6/c40-38(41)16-7-5-11-30(35-14-8-13-32-25-33(39(42)43)21-24-36(32)35)19-20-31-12-4-6-15-37(31)45-27-29-17-22-34(23-18-29)44-26-28-9-2-1-3-10-28/h1-4,6,9-10,12,15,17-18,21-25,30,35H,5,7-8,11,13-14,16,19-20,26-27H2,(H,40,41)(H,42,43). The minimum absolute atomic E-state index is 0.187. The van der Waals surface area contributed by atoms with Crippen LogP contribution in [-0.2, 0) is 30.8 Å². The molecular formula is C39H42O6. The third-order valence-corrected chi connectivity index (χ3v) is 8.86. The Morgan fingerprint density at radius 3 is 2.29 bits per heavy atom. The van der Waals surface area contributed by atoms with Crippen molar-refractivity contribution in [1.29, 1.82) is 0 Å². The van der Waals surface area contributed by atoms with Gasteiger partial charge in [0, 0.05) is 6.42 Å². The van der Waals surface area contributed by atoms with E-state index in [0.29, 0.717) is 37.0 Å². The van der Waals surface area contributed by atoms with Crippen LogP contribution in [0.4, 0.5) is 0 Å². The Morgan fingerprint density at radius 1 is 0.778 bits per heavy atom. The number of rotatable bonds is 16. The van der Waals surface area contributed by atoms with E-state index in [2.05, 4.69) is 6.07 Å². The molecule has 0 radical (unpaired) electrons. The minimum atomic E-state index is -0.894. The molecule has 0 spiro atoms. The highest BCUT2D eigenvalue weighted by Crippen LogP contribution is 2.42. The van der Waals surface area contributed by atoms with Crippen LogP contribution in [0.15, 0.2) is 97.1 Å². The van der Waals surface area contributed by atoms with Gasteiger partial charge in [-0.1, -0.05) is 73.2 Å². The quantitative estimate of drug-likeness (QED) is 0.124. The highest BCUT2D eigenvalue weighted by atomic mass is 16.5. The number of ether oxygens (including phenoxy) is 2. The van der Waals surface area contributed by atoms with Gasteiger partial charge in [-0.2, -0.15) is 0 Å². The Morgan fingerprint density at radius 2 is 1.51 bits per heavy atom. The van der Waals surface area contributed by atoms with Crippen LogP contribution in [0.3, 0.4) is 0 Å². The van der Waals surface area contributed by atoms with E-state index in [1.54, 1.807) is 6.07 Å². The maximum atomic E-state index is 11.6. The Hall–Kier alpha value is -4.58. The summed E-state index contributed by atoms with van der Waals surface area (Å²) >= 11 is 0. The summed E-state index contributed by atoms with van der Waals surface area (Å²) in [4.78, 5) is 22.7. The Bertz CT molecular complexity index is 1550. The van der Waals surface area contributed by atoms with E-state index in [-0.39, 0.29) is 6.42 Å². The number of hydrogen-bond donors (Lipinski definition) is 2. The molecule has 0 aliphatic heterocycles. The van der Waals surface area contributed by atoms with Gasteiger partial charge in [0.25, 0.3) is 0 Å². The number of hydrogen-bond acceptors (Lipinski definition) is 4. The van der Waals surface area contributed by atoms with Gasteiger partial charge in [-0.25, -0.2) is 4.79 Å². The fourth-order valence-electron chi connectivity index (χ4n) is 6.48. The normalized spacial score (nSPS) is 14.7. The van der Waals surface area contributed by atoms with Crippen LogP contribution in [0.5, 0.6) is 11.5 Å². The Labute approximate surface area is 265 Å². The van der Waals surface area contributed by atoms with Crippen LogP contribution in [0.25, 0.3) is 0 Å².